The molecule has 0 saturated carbocycles. The fourth-order valence-electron chi connectivity index (χ4n) is 1.94. The van der Waals surface area contributed by atoms with E-state index in [1.807, 2.05) is 6.92 Å². The predicted molar refractivity (Wildman–Crippen MR) is 60.4 cm³/mol. The summed E-state index contributed by atoms with van der Waals surface area (Å²) in [6, 6.07) is 2.76. The number of rotatable bonds is 4. The number of nitrogens with one attached hydrogen (secondary N) is 1. The summed E-state index contributed by atoms with van der Waals surface area (Å²) in [6.07, 6.45) is 3.17. The molecule has 0 aromatic carbocycles. The molecule has 3 heteroatoms. The zero-order chi connectivity index (χ0) is 11.3. The summed E-state index contributed by atoms with van der Waals surface area (Å²) >= 11 is 0. The lowest BCUT2D eigenvalue weighted by Crippen LogP contribution is -2.45. The van der Waals surface area contributed by atoms with Crippen molar-refractivity contribution in [3.8, 4) is 6.07 Å². The van der Waals surface area contributed by atoms with Crippen LogP contribution in [0.1, 0.15) is 40.0 Å². The number of ether oxygens (including phenoxy) is 1. The molecule has 1 N–H and O–H groups in total. The van der Waals surface area contributed by atoms with Gasteiger partial charge in [-0.2, -0.15) is 5.26 Å². The Labute approximate surface area is 92.8 Å². The first kappa shape index (κ1) is 12.5. The smallest absolute Gasteiger partial charge is 0.0666 e. The summed E-state index contributed by atoms with van der Waals surface area (Å²) in [4.78, 5) is 0. The minimum atomic E-state index is 0.0335. The molecule has 1 aliphatic rings. The Balaban J connectivity index is 2.34. The first-order valence-corrected chi connectivity index (χ1v) is 5.86. The van der Waals surface area contributed by atoms with Crippen molar-refractivity contribution in [2.24, 2.45) is 5.92 Å². The van der Waals surface area contributed by atoms with Gasteiger partial charge in [0, 0.05) is 19.2 Å². The molecule has 0 amide bonds. The van der Waals surface area contributed by atoms with E-state index in [-0.39, 0.29) is 11.5 Å². The van der Waals surface area contributed by atoms with Crippen molar-refractivity contribution in [2.45, 2.75) is 51.7 Å². The molecule has 3 atom stereocenters. The molecule has 0 aromatic rings. The van der Waals surface area contributed by atoms with Crippen molar-refractivity contribution < 1.29 is 4.74 Å². The zero-order valence-corrected chi connectivity index (χ0v) is 10.0. The van der Waals surface area contributed by atoms with Crippen LogP contribution >= 0.6 is 0 Å². The number of hydrogen-bond donors (Lipinski definition) is 1. The molecule has 3 unspecified atom stereocenters. The van der Waals surface area contributed by atoms with Crippen molar-refractivity contribution in [3.05, 3.63) is 0 Å². The van der Waals surface area contributed by atoms with Crippen LogP contribution in [0.3, 0.4) is 0 Å². The average molecular weight is 210 g/mol. The molecule has 0 radical (unpaired) electrons. The van der Waals surface area contributed by atoms with Gasteiger partial charge in [0.25, 0.3) is 0 Å². The molecule has 3 nitrogen and oxygen atoms in total. The van der Waals surface area contributed by atoms with Crippen LogP contribution in [0.2, 0.25) is 0 Å². The van der Waals surface area contributed by atoms with Crippen LogP contribution in [0.4, 0.5) is 0 Å². The summed E-state index contributed by atoms with van der Waals surface area (Å²) in [6.45, 7) is 7.92. The second-order valence-corrected chi connectivity index (χ2v) is 4.78. The molecule has 1 aliphatic heterocycles. The Morgan fingerprint density at radius 1 is 1.67 bits per heavy atom. The summed E-state index contributed by atoms with van der Waals surface area (Å²) in [7, 11) is 0. The second kappa shape index (κ2) is 5.48. The lowest BCUT2D eigenvalue weighted by atomic mass is 9.90. The maximum Gasteiger partial charge on any atom is 0.0666 e. The van der Waals surface area contributed by atoms with Crippen LogP contribution in [0.25, 0.3) is 0 Å². The van der Waals surface area contributed by atoms with Crippen LogP contribution in [0.15, 0.2) is 0 Å². The third kappa shape index (κ3) is 3.81. The van der Waals surface area contributed by atoms with Gasteiger partial charge >= 0.3 is 0 Å². The molecule has 0 aromatic heterocycles. The summed E-state index contributed by atoms with van der Waals surface area (Å²) in [5, 5.41) is 12.2. The van der Waals surface area contributed by atoms with Crippen LogP contribution in [-0.2, 0) is 4.74 Å². The van der Waals surface area contributed by atoms with Crippen LogP contribution in [0.5, 0.6) is 0 Å². The standard InChI is InChI=1S/C12H22N2O/c1-4-12(3)7-11(5-6-15-12)14-9-10(2)8-13/h10-11,14H,4-7,9H2,1-3H3. The van der Waals surface area contributed by atoms with Crippen molar-refractivity contribution in [1.29, 1.82) is 5.26 Å². The topological polar surface area (TPSA) is 45.0 Å². The van der Waals surface area contributed by atoms with E-state index in [2.05, 4.69) is 25.2 Å². The first-order chi connectivity index (χ1) is 7.09. The minimum absolute atomic E-state index is 0.0335. The quantitative estimate of drug-likeness (QED) is 0.772. The molecule has 1 saturated heterocycles. The molecule has 15 heavy (non-hydrogen) atoms. The van der Waals surface area contributed by atoms with Crippen LogP contribution in [0, 0.1) is 17.2 Å². The normalized spacial score (nSPS) is 33.3. The highest BCUT2D eigenvalue weighted by atomic mass is 16.5. The molecule has 1 rings (SSSR count). The predicted octanol–water partition coefficient (Wildman–Crippen LogP) is 2.08. The van der Waals surface area contributed by atoms with Crippen molar-refractivity contribution >= 4 is 0 Å². The number of hydrogen-bond acceptors (Lipinski definition) is 3. The van der Waals surface area contributed by atoms with Gasteiger partial charge in [0.05, 0.1) is 17.6 Å². The lowest BCUT2D eigenvalue weighted by Gasteiger charge is -2.38. The van der Waals surface area contributed by atoms with E-state index in [4.69, 9.17) is 10.00 Å². The van der Waals surface area contributed by atoms with Crippen molar-refractivity contribution in [3.63, 3.8) is 0 Å². The third-order valence-electron chi connectivity index (χ3n) is 3.28. The van der Waals surface area contributed by atoms with Gasteiger partial charge in [-0.15, -0.1) is 0 Å². The van der Waals surface area contributed by atoms with Crippen molar-refractivity contribution in [2.75, 3.05) is 13.2 Å². The van der Waals surface area contributed by atoms with Gasteiger partial charge in [-0.05, 0) is 33.1 Å². The van der Waals surface area contributed by atoms with Gasteiger partial charge < -0.3 is 10.1 Å². The van der Waals surface area contributed by atoms with Gasteiger partial charge in [0.2, 0.25) is 0 Å². The van der Waals surface area contributed by atoms with Crippen LogP contribution < -0.4 is 5.32 Å². The number of nitrogens with zero attached hydrogens (tertiary/aromatic N) is 1. The van der Waals surface area contributed by atoms with E-state index in [9.17, 15) is 0 Å². The fourth-order valence-corrected chi connectivity index (χ4v) is 1.94. The SMILES string of the molecule is CCC1(C)CC(NCC(C)C#N)CCO1. The summed E-state index contributed by atoms with van der Waals surface area (Å²) in [5.41, 5.74) is 0.0335. The Hall–Kier alpha value is -0.590. The maximum absolute atomic E-state index is 8.70. The van der Waals surface area contributed by atoms with E-state index in [1.165, 1.54) is 0 Å². The van der Waals surface area contributed by atoms with Crippen LogP contribution in [-0.4, -0.2) is 24.8 Å². The largest absolute Gasteiger partial charge is 0.375 e. The number of nitriles is 1. The van der Waals surface area contributed by atoms with Gasteiger partial charge in [-0.1, -0.05) is 6.92 Å². The van der Waals surface area contributed by atoms with E-state index < -0.39 is 0 Å². The van der Waals surface area contributed by atoms with E-state index in [0.717, 1.165) is 32.4 Å². The molecular formula is C12H22N2O. The summed E-state index contributed by atoms with van der Waals surface area (Å²) in [5.74, 6) is 0.0979. The lowest BCUT2D eigenvalue weighted by molar-refractivity contribution is -0.0780. The third-order valence-corrected chi connectivity index (χ3v) is 3.28. The van der Waals surface area contributed by atoms with Gasteiger partial charge in [-0.3, -0.25) is 0 Å². The molecule has 0 aliphatic carbocycles. The molecule has 0 spiro atoms. The maximum atomic E-state index is 8.70. The Kier molecular flexibility index (Phi) is 4.56. The molecular weight excluding hydrogens is 188 g/mol. The monoisotopic (exact) mass is 210 g/mol. The highest BCUT2D eigenvalue weighted by Crippen LogP contribution is 2.27. The first-order valence-electron chi connectivity index (χ1n) is 5.86. The summed E-state index contributed by atoms with van der Waals surface area (Å²) < 4.78 is 5.77. The highest BCUT2D eigenvalue weighted by Gasteiger charge is 2.31. The average Bonchev–Trinajstić information content (AvgIpc) is 2.26. The minimum Gasteiger partial charge on any atom is -0.375 e. The molecule has 0 bridgehead atoms. The molecule has 1 fully saturated rings. The van der Waals surface area contributed by atoms with Gasteiger partial charge in [0.15, 0.2) is 0 Å². The Bertz CT molecular complexity index is 236. The van der Waals surface area contributed by atoms with E-state index in [1.54, 1.807) is 0 Å². The Morgan fingerprint density at radius 2 is 2.40 bits per heavy atom. The fraction of sp³-hybridized carbons (Fsp3) is 0.917. The Morgan fingerprint density at radius 3 is 3.00 bits per heavy atom. The van der Waals surface area contributed by atoms with Gasteiger partial charge in [0.1, 0.15) is 0 Å². The zero-order valence-electron chi connectivity index (χ0n) is 10.0. The van der Waals surface area contributed by atoms with Crippen molar-refractivity contribution in [1.82, 2.24) is 5.32 Å². The molecule has 86 valence electrons. The highest BCUT2D eigenvalue weighted by molar-refractivity contribution is 4.87. The van der Waals surface area contributed by atoms with E-state index in [0.29, 0.717) is 6.04 Å². The molecule has 1 heterocycles. The van der Waals surface area contributed by atoms with Gasteiger partial charge in [-0.25, -0.2) is 0 Å². The van der Waals surface area contributed by atoms with E-state index >= 15 is 0 Å². The second-order valence-electron chi connectivity index (χ2n) is 4.78.